The fraction of sp³-hybridized carbons (Fsp3) is 0.158. The van der Waals surface area contributed by atoms with Gasteiger partial charge in [-0.1, -0.05) is 24.3 Å². The normalized spacial score (nSPS) is 11.1. The van der Waals surface area contributed by atoms with Crippen LogP contribution in [0.25, 0.3) is 16.7 Å². The van der Waals surface area contributed by atoms with Crippen molar-refractivity contribution in [2.45, 2.75) is 20.1 Å². The van der Waals surface area contributed by atoms with Crippen molar-refractivity contribution < 1.29 is 19.6 Å². The van der Waals surface area contributed by atoms with Gasteiger partial charge in [0.05, 0.1) is 16.5 Å². The summed E-state index contributed by atoms with van der Waals surface area (Å²) in [6.07, 6.45) is 0.510. The second-order valence-electron chi connectivity index (χ2n) is 6.36. The molecule has 0 bridgehead atoms. The minimum absolute atomic E-state index is 0.0428. The Kier molecular flexibility index (Phi) is 4.87. The molecule has 0 radical (unpaired) electrons. The van der Waals surface area contributed by atoms with E-state index in [4.69, 9.17) is 4.74 Å². The van der Waals surface area contributed by atoms with Crippen molar-refractivity contribution in [1.82, 2.24) is 19.2 Å². The number of aldehydes is 1. The van der Waals surface area contributed by atoms with Gasteiger partial charge in [-0.05, 0) is 30.6 Å². The standard InChI is InChI=1S/C19H17BN4O5/c1-2-23-18(26)12-6-3-4-8-15(12)24-17(21-22-19(23)24)11-29-16-9-5-7-14(20(27)28)13(16)10-25/h3-10,27-28H,2,11H2,1H3. The van der Waals surface area contributed by atoms with Gasteiger partial charge in [-0.15, -0.1) is 10.2 Å². The van der Waals surface area contributed by atoms with Gasteiger partial charge in [0.1, 0.15) is 12.4 Å². The van der Waals surface area contributed by atoms with Crippen LogP contribution in [-0.4, -0.2) is 42.6 Å². The summed E-state index contributed by atoms with van der Waals surface area (Å²) >= 11 is 0. The molecular formula is C19H17BN4O5. The first-order valence-electron chi connectivity index (χ1n) is 8.99. The van der Waals surface area contributed by atoms with E-state index in [1.807, 2.05) is 13.0 Å². The number of hydrogen-bond donors (Lipinski definition) is 2. The average molecular weight is 392 g/mol. The number of rotatable bonds is 6. The zero-order chi connectivity index (χ0) is 20.5. The van der Waals surface area contributed by atoms with Crippen molar-refractivity contribution in [1.29, 1.82) is 0 Å². The smallest absolute Gasteiger partial charge is 0.485 e. The Labute approximate surface area is 165 Å². The number of para-hydroxylation sites is 1. The zero-order valence-corrected chi connectivity index (χ0v) is 15.5. The van der Waals surface area contributed by atoms with Crippen LogP contribution in [0.3, 0.4) is 0 Å². The highest BCUT2D eigenvalue weighted by atomic mass is 16.5. The maximum absolute atomic E-state index is 12.7. The van der Waals surface area contributed by atoms with Gasteiger partial charge in [-0.25, -0.2) is 0 Å². The molecule has 0 spiro atoms. The summed E-state index contributed by atoms with van der Waals surface area (Å²) in [5.74, 6) is 1.02. The Morgan fingerprint density at radius 1 is 1.14 bits per heavy atom. The SMILES string of the molecule is CCn1c(=O)c2ccccc2n2c(COc3cccc(B(O)O)c3C=O)nnc12. The van der Waals surface area contributed by atoms with Crippen LogP contribution < -0.4 is 15.8 Å². The van der Waals surface area contributed by atoms with Gasteiger partial charge in [0, 0.05) is 6.54 Å². The van der Waals surface area contributed by atoms with Crippen molar-refractivity contribution >= 4 is 35.5 Å². The number of carbonyl (C=O) groups excluding carboxylic acids is 1. The second-order valence-corrected chi connectivity index (χ2v) is 6.36. The van der Waals surface area contributed by atoms with Gasteiger partial charge in [0.2, 0.25) is 5.78 Å². The molecule has 4 aromatic rings. The first kappa shape index (κ1) is 18.8. The molecule has 0 aliphatic rings. The summed E-state index contributed by atoms with van der Waals surface area (Å²) in [5, 5.41) is 27.7. The van der Waals surface area contributed by atoms with E-state index >= 15 is 0 Å². The number of benzene rings is 2. The van der Waals surface area contributed by atoms with Crippen LogP contribution in [0.15, 0.2) is 47.3 Å². The summed E-state index contributed by atoms with van der Waals surface area (Å²) in [5.41, 5.74) is 0.597. The monoisotopic (exact) mass is 392 g/mol. The van der Waals surface area contributed by atoms with Gasteiger partial charge in [0.15, 0.2) is 12.1 Å². The highest BCUT2D eigenvalue weighted by molar-refractivity contribution is 6.60. The zero-order valence-electron chi connectivity index (χ0n) is 15.5. The lowest BCUT2D eigenvalue weighted by Crippen LogP contribution is -2.33. The summed E-state index contributed by atoms with van der Waals surface area (Å²) in [4.78, 5) is 24.2. The van der Waals surface area contributed by atoms with E-state index in [9.17, 15) is 19.6 Å². The van der Waals surface area contributed by atoms with E-state index in [1.54, 1.807) is 34.7 Å². The summed E-state index contributed by atoms with van der Waals surface area (Å²) in [7, 11) is -1.80. The molecule has 146 valence electrons. The first-order chi connectivity index (χ1) is 14.1. The molecule has 0 atom stereocenters. The molecule has 2 N–H and O–H groups in total. The number of nitrogens with zero attached hydrogens (tertiary/aromatic N) is 4. The van der Waals surface area contributed by atoms with Crippen LogP contribution >= 0.6 is 0 Å². The maximum Gasteiger partial charge on any atom is 0.489 e. The molecule has 2 heterocycles. The lowest BCUT2D eigenvalue weighted by Gasteiger charge is -2.12. The second kappa shape index (κ2) is 7.49. The number of aryl methyl sites for hydroxylation is 1. The first-order valence-corrected chi connectivity index (χ1v) is 8.99. The van der Waals surface area contributed by atoms with Crippen LogP contribution in [0.1, 0.15) is 23.1 Å². The Morgan fingerprint density at radius 3 is 2.66 bits per heavy atom. The van der Waals surface area contributed by atoms with Crippen molar-refractivity contribution in [2.75, 3.05) is 0 Å². The van der Waals surface area contributed by atoms with E-state index < -0.39 is 7.12 Å². The third-order valence-corrected chi connectivity index (χ3v) is 4.74. The molecular weight excluding hydrogens is 375 g/mol. The van der Waals surface area contributed by atoms with Gasteiger partial charge in [-0.3, -0.25) is 18.6 Å². The predicted molar refractivity (Wildman–Crippen MR) is 106 cm³/mol. The number of fused-ring (bicyclic) bond motifs is 3. The summed E-state index contributed by atoms with van der Waals surface area (Å²) in [6, 6.07) is 11.7. The largest absolute Gasteiger partial charge is 0.489 e. The number of hydrogen-bond acceptors (Lipinski definition) is 7. The van der Waals surface area contributed by atoms with Crippen molar-refractivity contribution in [3.8, 4) is 5.75 Å². The molecule has 0 aliphatic heterocycles. The molecule has 0 aliphatic carbocycles. The third kappa shape index (κ3) is 3.08. The van der Waals surface area contributed by atoms with E-state index in [0.29, 0.717) is 35.3 Å². The van der Waals surface area contributed by atoms with Gasteiger partial charge in [0.25, 0.3) is 5.56 Å². The van der Waals surface area contributed by atoms with Crippen LogP contribution in [0, 0.1) is 0 Å². The minimum atomic E-state index is -1.80. The van der Waals surface area contributed by atoms with E-state index in [0.717, 1.165) is 0 Å². The molecule has 0 amide bonds. The molecule has 2 aromatic heterocycles. The lowest BCUT2D eigenvalue weighted by molar-refractivity contribution is 0.111. The highest BCUT2D eigenvalue weighted by Crippen LogP contribution is 2.19. The van der Waals surface area contributed by atoms with Crippen LogP contribution in [0.5, 0.6) is 5.75 Å². The maximum atomic E-state index is 12.7. The summed E-state index contributed by atoms with van der Waals surface area (Å²) in [6.45, 7) is 2.24. The Morgan fingerprint density at radius 2 is 1.93 bits per heavy atom. The van der Waals surface area contributed by atoms with Crippen molar-refractivity contribution in [3.05, 3.63) is 64.2 Å². The molecule has 4 rings (SSSR count). The molecule has 2 aromatic carbocycles. The Balaban J connectivity index is 1.81. The van der Waals surface area contributed by atoms with Gasteiger partial charge in [-0.2, -0.15) is 0 Å². The molecule has 10 heteroatoms. The van der Waals surface area contributed by atoms with Crippen LogP contribution in [0.2, 0.25) is 0 Å². The number of carbonyl (C=O) groups is 1. The van der Waals surface area contributed by atoms with Crippen molar-refractivity contribution in [2.24, 2.45) is 0 Å². The van der Waals surface area contributed by atoms with E-state index in [-0.39, 0.29) is 28.9 Å². The molecule has 29 heavy (non-hydrogen) atoms. The molecule has 0 saturated carbocycles. The topological polar surface area (TPSA) is 119 Å². The average Bonchev–Trinajstić information content (AvgIpc) is 3.16. The fourth-order valence-corrected chi connectivity index (χ4v) is 3.37. The fourth-order valence-electron chi connectivity index (χ4n) is 3.37. The Hall–Kier alpha value is -3.50. The highest BCUT2D eigenvalue weighted by Gasteiger charge is 2.20. The van der Waals surface area contributed by atoms with Gasteiger partial charge < -0.3 is 14.8 Å². The van der Waals surface area contributed by atoms with Crippen LogP contribution in [0.4, 0.5) is 0 Å². The number of ether oxygens (including phenoxy) is 1. The molecule has 0 saturated heterocycles. The van der Waals surface area contributed by atoms with Gasteiger partial charge >= 0.3 is 7.12 Å². The van der Waals surface area contributed by atoms with E-state index in [1.165, 1.54) is 10.6 Å². The quantitative estimate of drug-likeness (QED) is 0.354. The summed E-state index contributed by atoms with van der Waals surface area (Å²) < 4.78 is 9.03. The van der Waals surface area contributed by atoms with Crippen molar-refractivity contribution in [3.63, 3.8) is 0 Å². The Bertz CT molecular complexity index is 1280. The predicted octanol–water partition coefficient (Wildman–Crippen LogP) is 0.135. The number of aromatic nitrogens is 4. The van der Waals surface area contributed by atoms with Crippen LogP contribution in [-0.2, 0) is 13.2 Å². The lowest BCUT2D eigenvalue weighted by atomic mass is 9.77. The molecule has 0 fully saturated rings. The van der Waals surface area contributed by atoms with E-state index in [2.05, 4.69) is 10.2 Å². The minimum Gasteiger partial charge on any atom is -0.485 e. The molecule has 9 nitrogen and oxygen atoms in total. The molecule has 0 unspecified atom stereocenters. The third-order valence-electron chi connectivity index (χ3n) is 4.74.